The van der Waals surface area contributed by atoms with Gasteiger partial charge in [-0.15, -0.1) is 0 Å². The Bertz CT molecular complexity index is 2050. The van der Waals surface area contributed by atoms with Crippen LogP contribution < -0.4 is 10.9 Å². The van der Waals surface area contributed by atoms with Gasteiger partial charge < -0.3 is 14.5 Å². The minimum absolute atomic E-state index is 0.240. The Morgan fingerprint density at radius 2 is 1.58 bits per heavy atom. The number of H-pyrrole nitrogens is 1. The molecule has 0 aliphatic carbocycles. The van der Waals surface area contributed by atoms with Crippen molar-refractivity contribution >= 4 is 39.5 Å². The number of aromatic nitrogens is 2. The van der Waals surface area contributed by atoms with Crippen molar-refractivity contribution in [1.29, 1.82) is 0 Å². The van der Waals surface area contributed by atoms with Gasteiger partial charge >= 0.3 is 0 Å². The molecule has 0 bridgehead atoms. The molecule has 7 rings (SSSR count). The zero-order valence-corrected chi connectivity index (χ0v) is 23.7. The van der Waals surface area contributed by atoms with Gasteiger partial charge in [0.2, 0.25) is 0 Å². The van der Waals surface area contributed by atoms with Crippen molar-refractivity contribution in [3.05, 3.63) is 131 Å². The number of carbonyl (C=O) groups is 3. The number of hydrazine groups is 1. The van der Waals surface area contributed by atoms with Gasteiger partial charge in [0.1, 0.15) is 12.2 Å². The fourth-order valence-electron chi connectivity index (χ4n) is 6.13. The lowest BCUT2D eigenvalue weighted by molar-refractivity contribution is -0.122. The highest BCUT2D eigenvalue weighted by Crippen LogP contribution is 2.45. The Kier molecular flexibility index (Phi) is 6.31. The molecule has 0 saturated carbocycles. The summed E-state index contributed by atoms with van der Waals surface area (Å²) in [5.41, 5.74) is 12.6. The van der Waals surface area contributed by atoms with Crippen LogP contribution in [0.4, 0.5) is 0 Å². The summed E-state index contributed by atoms with van der Waals surface area (Å²) in [5.74, 6) is -1.19. The van der Waals surface area contributed by atoms with E-state index in [2.05, 4.69) is 40.1 Å². The van der Waals surface area contributed by atoms with Crippen LogP contribution in [0.3, 0.4) is 0 Å². The van der Waals surface area contributed by atoms with Gasteiger partial charge in [0.15, 0.2) is 0 Å². The molecule has 1 atom stereocenters. The summed E-state index contributed by atoms with van der Waals surface area (Å²) in [7, 11) is 1.80. The molecule has 3 heterocycles. The highest BCUT2D eigenvalue weighted by atomic mass is 16.2. The van der Waals surface area contributed by atoms with Crippen LogP contribution in [-0.2, 0) is 11.8 Å². The first kappa shape index (κ1) is 26.3. The van der Waals surface area contributed by atoms with Gasteiger partial charge in [-0.1, -0.05) is 84.4 Å². The lowest BCUT2D eigenvalue weighted by Crippen LogP contribution is -2.47. The molecular formula is C35H29N5O3. The molecular weight excluding hydrogens is 538 g/mol. The Hall–Kier alpha value is -5.63. The van der Waals surface area contributed by atoms with Crippen LogP contribution in [0.15, 0.2) is 103 Å². The molecule has 3 amide bonds. The Morgan fingerprint density at radius 1 is 0.860 bits per heavy atom. The Labute approximate surface area is 247 Å². The number of carbonyl (C=O) groups excluding carboxylic acids is 3. The summed E-state index contributed by atoms with van der Waals surface area (Å²) < 4.78 is 1.77. The molecule has 0 spiro atoms. The average Bonchev–Trinajstić information content (AvgIpc) is 3.66. The molecule has 8 heteroatoms. The van der Waals surface area contributed by atoms with Crippen molar-refractivity contribution in [2.45, 2.75) is 13.0 Å². The summed E-state index contributed by atoms with van der Waals surface area (Å²) in [6, 6.07) is 32.6. The molecule has 1 aliphatic rings. The fourth-order valence-corrected chi connectivity index (χ4v) is 6.13. The van der Waals surface area contributed by atoms with Crippen LogP contribution in [0, 0.1) is 6.92 Å². The van der Waals surface area contributed by atoms with E-state index < -0.39 is 17.9 Å². The minimum atomic E-state index is -0.518. The Morgan fingerprint density at radius 3 is 2.40 bits per heavy atom. The lowest BCUT2D eigenvalue weighted by atomic mass is 9.93. The summed E-state index contributed by atoms with van der Waals surface area (Å²) in [5, 5.41) is 1.90. The number of aryl methyl sites for hydroxylation is 2. The lowest BCUT2D eigenvalue weighted by Gasteiger charge is -2.26. The molecule has 0 fully saturated rings. The second-order valence-corrected chi connectivity index (χ2v) is 10.9. The van der Waals surface area contributed by atoms with E-state index >= 15 is 0 Å². The largest absolute Gasteiger partial charge is 0.354 e. The predicted octanol–water partition coefficient (Wildman–Crippen LogP) is 5.64. The highest BCUT2D eigenvalue weighted by molar-refractivity contribution is 6.04. The van der Waals surface area contributed by atoms with E-state index in [9.17, 15) is 14.4 Å². The molecule has 43 heavy (non-hydrogen) atoms. The number of benzene rings is 4. The monoisotopic (exact) mass is 567 g/mol. The van der Waals surface area contributed by atoms with Crippen LogP contribution >= 0.6 is 0 Å². The standard InChI is InChI=1S/C35H29N5O3/c1-21-15-17-22(18-16-21)32-31(26-12-6-7-13-27(26)36-32)33-24-10-4-5-11-25(24)35(43)40(33)20-30(41)37-38-34(42)29-19-23-9-3-8-14-28(23)39(29)2/h3-19,33,36H,20H2,1-2H3,(H,37,41)(H,38,42). The van der Waals surface area contributed by atoms with E-state index in [4.69, 9.17) is 0 Å². The molecule has 0 radical (unpaired) electrons. The second kappa shape index (κ2) is 10.3. The van der Waals surface area contributed by atoms with Gasteiger partial charge in [-0.2, -0.15) is 0 Å². The molecule has 212 valence electrons. The molecule has 3 N–H and O–H groups in total. The first-order chi connectivity index (χ1) is 20.9. The zero-order chi connectivity index (χ0) is 29.7. The maximum Gasteiger partial charge on any atom is 0.286 e. The third-order valence-corrected chi connectivity index (χ3v) is 8.23. The summed E-state index contributed by atoms with van der Waals surface area (Å²) in [6.07, 6.45) is 0. The molecule has 2 aromatic heterocycles. The molecule has 6 aromatic rings. The van der Waals surface area contributed by atoms with Crippen molar-refractivity contribution < 1.29 is 14.4 Å². The molecule has 1 aliphatic heterocycles. The maximum absolute atomic E-state index is 13.8. The number of hydrogen-bond donors (Lipinski definition) is 3. The fraction of sp³-hybridized carbons (Fsp3) is 0.114. The third kappa shape index (κ3) is 4.44. The highest BCUT2D eigenvalue weighted by Gasteiger charge is 2.41. The number of hydrogen-bond acceptors (Lipinski definition) is 3. The summed E-state index contributed by atoms with van der Waals surface area (Å²) in [4.78, 5) is 45.3. The predicted molar refractivity (Wildman–Crippen MR) is 166 cm³/mol. The minimum Gasteiger partial charge on any atom is -0.354 e. The topological polar surface area (TPSA) is 99.2 Å². The normalized spacial score (nSPS) is 14.3. The van der Waals surface area contributed by atoms with Gasteiger partial charge in [-0.25, -0.2) is 0 Å². The van der Waals surface area contributed by atoms with Crippen molar-refractivity contribution in [2.75, 3.05) is 6.54 Å². The first-order valence-electron chi connectivity index (χ1n) is 14.1. The SMILES string of the molecule is Cc1ccc(-c2[nH]c3ccccc3c2C2c3ccccc3C(=O)N2CC(=O)NNC(=O)c2cc3ccccc3n2C)cc1. The van der Waals surface area contributed by atoms with Crippen molar-refractivity contribution in [2.24, 2.45) is 7.05 Å². The van der Waals surface area contributed by atoms with Crippen LogP contribution in [-0.4, -0.2) is 38.7 Å². The number of nitrogens with one attached hydrogen (secondary N) is 3. The van der Waals surface area contributed by atoms with E-state index in [0.29, 0.717) is 11.3 Å². The van der Waals surface area contributed by atoms with Gasteiger partial charge in [0, 0.05) is 40.0 Å². The van der Waals surface area contributed by atoms with Crippen molar-refractivity contribution in [3.63, 3.8) is 0 Å². The van der Waals surface area contributed by atoms with Gasteiger partial charge in [0.05, 0.1) is 11.7 Å². The number of aromatic amines is 1. The molecule has 4 aromatic carbocycles. The van der Waals surface area contributed by atoms with Gasteiger partial charge in [0.25, 0.3) is 17.7 Å². The zero-order valence-electron chi connectivity index (χ0n) is 23.7. The number of rotatable bonds is 5. The second-order valence-electron chi connectivity index (χ2n) is 10.9. The quantitative estimate of drug-likeness (QED) is 0.235. The van der Waals surface area contributed by atoms with Gasteiger partial charge in [-0.05, 0) is 42.3 Å². The third-order valence-electron chi connectivity index (χ3n) is 8.23. The number of amides is 3. The average molecular weight is 568 g/mol. The first-order valence-corrected chi connectivity index (χ1v) is 14.1. The van der Waals surface area contributed by atoms with E-state index in [1.54, 1.807) is 28.6 Å². The number of nitrogens with zero attached hydrogens (tertiary/aromatic N) is 2. The van der Waals surface area contributed by atoms with Gasteiger partial charge in [-0.3, -0.25) is 25.2 Å². The van der Waals surface area contributed by atoms with E-state index in [0.717, 1.165) is 49.8 Å². The van der Waals surface area contributed by atoms with Crippen molar-refractivity contribution in [3.8, 4) is 11.3 Å². The van der Waals surface area contributed by atoms with Crippen LogP contribution in [0.1, 0.15) is 43.6 Å². The Balaban J connectivity index is 1.22. The van der Waals surface area contributed by atoms with Crippen LogP contribution in [0.25, 0.3) is 33.1 Å². The summed E-state index contributed by atoms with van der Waals surface area (Å²) >= 11 is 0. The smallest absolute Gasteiger partial charge is 0.286 e. The molecule has 8 nitrogen and oxygen atoms in total. The van der Waals surface area contributed by atoms with E-state index in [1.165, 1.54) is 0 Å². The molecule has 0 saturated heterocycles. The van der Waals surface area contributed by atoms with Crippen molar-refractivity contribution in [1.82, 2.24) is 25.3 Å². The number of fused-ring (bicyclic) bond motifs is 3. The molecule has 1 unspecified atom stereocenters. The summed E-state index contributed by atoms with van der Waals surface area (Å²) in [6.45, 7) is 1.79. The van der Waals surface area contributed by atoms with Crippen LogP contribution in [0.2, 0.25) is 0 Å². The maximum atomic E-state index is 13.8. The van der Waals surface area contributed by atoms with Crippen LogP contribution in [0.5, 0.6) is 0 Å². The van der Waals surface area contributed by atoms with E-state index in [-0.39, 0.29) is 12.5 Å². The van der Waals surface area contributed by atoms with E-state index in [1.807, 2.05) is 73.7 Å². The number of para-hydroxylation sites is 2.